The Bertz CT molecular complexity index is 273. The lowest BCUT2D eigenvalue weighted by atomic mass is 10.1. The van der Waals surface area contributed by atoms with Gasteiger partial charge >= 0.3 is 0 Å². The van der Waals surface area contributed by atoms with Crippen molar-refractivity contribution in [3.8, 4) is 0 Å². The number of hydrogen-bond donors (Lipinski definition) is 1. The predicted octanol–water partition coefficient (Wildman–Crippen LogP) is 1.51. The van der Waals surface area contributed by atoms with Crippen LogP contribution in [0, 0.1) is 5.92 Å². The van der Waals surface area contributed by atoms with Gasteiger partial charge in [-0.2, -0.15) is 0 Å². The Balaban J connectivity index is 2.59. The monoisotopic (exact) mass is 257 g/mol. The Labute approximate surface area is 96.4 Å². The number of alkyl halides is 4. The lowest BCUT2D eigenvalue weighted by molar-refractivity contribution is -0.138. The van der Waals surface area contributed by atoms with Crippen molar-refractivity contribution in [3.63, 3.8) is 0 Å². The molecule has 0 radical (unpaired) electrons. The van der Waals surface area contributed by atoms with Crippen molar-refractivity contribution in [1.29, 1.82) is 0 Å². The zero-order valence-electron chi connectivity index (χ0n) is 9.21. The van der Waals surface area contributed by atoms with Crippen LogP contribution < -0.4 is 0 Å². The fraction of sp³-hybridized carbons (Fsp3) is 0.900. The SMILES string of the molecule is O=C(C1CCC(F)(F)C1)N(CCO)CC(F)F. The fourth-order valence-electron chi connectivity index (χ4n) is 2.00. The number of nitrogens with zero attached hydrogens (tertiary/aromatic N) is 1. The number of aliphatic hydroxyl groups excluding tert-OH is 1. The highest BCUT2D eigenvalue weighted by atomic mass is 19.3. The summed E-state index contributed by atoms with van der Waals surface area (Å²) < 4.78 is 50.2. The molecule has 3 nitrogen and oxygen atoms in total. The summed E-state index contributed by atoms with van der Waals surface area (Å²) in [6.07, 6.45) is -3.69. The first kappa shape index (κ1) is 14.2. The first-order chi connectivity index (χ1) is 7.85. The average molecular weight is 257 g/mol. The summed E-state index contributed by atoms with van der Waals surface area (Å²) in [7, 11) is 0. The Kier molecular flexibility index (Phi) is 4.73. The molecule has 0 aliphatic heterocycles. The van der Waals surface area contributed by atoms with Crippen LogP contribution in [0.5, 0.6) is 0 Å². The molecule has 0 bridgehead atoms. The predicted molar refractivity (Wildman–Crippen MR) is 52.0 cm³/mol. The molecule has 1 atom stereocenters. The first-order valence-corrected chi connectivity index (χ1v) is 5.41. The molecule has 1 N–H and O–H groups in total. The standard InChI is InChI=1S/C10H15F4NO2/c11-8(12)6-15(3-4-16)9(17)7-1-2-10(13,14)5-7/h7-8,16H,1-6H2. The third kappa shape index (κ3) is 4.14. The molecule has 1 aliphatic carbocycles. The summed E-state index contributed by atoms with van der Waals surface area (Å²) in [6.45, 7) is -1.52. The summed E-state index contributed by atoms with van der Waals surface area (Å²) in [5.41, 5.74) is 0. The maximum atomic E-state index is 12.9. The van der Waals surface area contributed by atoms with E-state index in [1.807, 2.05) is 0 Å². The summed E-state index contributed by atoms with van der Waals surface area (Å²) in [4.78, 5) is 12.5. The summed E-state index contributed by atoms with van der Waals surface area (Å²) in [5.74, 6) is -4.50. The molecule has 17 heavy (non-hydrogen) atoms. The number of carbonyl (C=O) groups excluding carboxylic acids is 1. The van der Waals surface area contributed by atoms with Crippen molar-refractivity contribution >= 4 is 5.91 Å². The van der Waals surface area contributed by atoms with E-state index in [2.05, 4.69) is 0 Å². The van der Waals surface area contributed by atoms with Gasteiger partial charge in [0.15, 0.2) is 0 Å². The maximum absolute atomic E-state index is 12.9. The molecular weight excluding hydrogens is 242 g/mol. The highest BCUT2D eigenvalue weighted by Gasteiger charge is 2.43. The minimum Gasteiger partial charge on any atom is -0.395 e. The molecular formula is C10H15F4NO2. The number of hydrogen-bond acceptors (Lipinski definition) is 2. The van der Waals surface area contributed by atoms with Crippen molar-refractivity contribution in [2.45, 2.75) is 31.6 Å². The van der Waals surface area contributed by atoms with Crippen molar-refractivity contribution < 1.29 is 27.5 Å². The van der Waals surface area contributed by atoms with Crippen LogP contribution >= 0.6 is 0 Å². The molecule has 0 aromatic carbocycles. The largest absolute Gasteiger partial charge is 0.395 e. The number of halogens is 4. The molecule has 0 aromatic rings. The molecule has 1 saturated carbocycles. The molecule has 1 rings (SSSR count). The van der Waals surface area contributed by atoms with Gasteiger partial charge in [-0.05, 0) is 6.42 Å². The van der Waals surface area contributed by atoms with E-state index in [9.17, 15) is 22.4 Å². The van der Waals surface area contributed by atoms with Crippen LogP contribution in [0.15, 0.2) is 0 Å². The normalized spacial score (nSPS) is 23.1. The highest BCUT2D eigenvalue weighted by Crippen LogP contribution is 2.39. The molecule has 0 spiro atoms. The second-order valence-electron chi connectivity index (χ2n) is 4.19. The minimum absolute atomic E-state index is 0.0109. The van der Waals surface area contributed by atoms with E-state index in [-0.39, 0.29) is 19.4 Å². The van der Waals surface area contributed by atoms with Crippen LogP contribution in [0.3, 0.4) is 0 Å². The van der Waals surface area contributed by atoms with E-state index in [1.165, 1.54) is 0 Å². The fourth-order valence-corrected chi connectivity index (χ4v) is 2.00. The van der Waals surface area contributed by atoms with E-state index in [1.54, 1.807) is 0 Å². The highest BCUT2D eigenvalue weighted by molar-refractivity contribution is 5.79. The topological polar surface area (TPSA) is 40.5 Å². The number of rotatable bonds is 5. The first-order valence-electron chi connectivity index (χ1n) is 5.41. The van der Waals surface area contributed by atoms with E-state index >= 15 is 0 Å². The van der Waals surface area contributed by atoms with Gasteiger partial charge < -0.3 is 10.0 Å². The van der Waals surface area contributed by atoms with Crippen molar-refractivity contribution in [3.05, 3.63) is 0 Å². The van der Waals surface area contributed by atoms with E-state index in [0.717, 1.165) is 4.90 Å². The van der Waals surface area contributed by atoms with Gasteiger partial charge in [-0.25, -0.2) is 17.6 Å². The summed E-state index contributed by atoms with van der Waals surface area (Å²) in [6, 6.07) is 0. The molecule has 0 heterocycles. The quantitative estimate of drug-likeness (QED) is 0.758. The van der Waals surface area contributed by atoms with Crippen LogP contribution in [-0.4, -0.2) is 48.0 Å². The van der Waals surface area contributed by atoms with Crippen molar-refractivity contribution in [2.24, 2.45) is 5.92 Å². The van der Waals surface area contributed by atoms with Gasteiger partial charge in [-0.15, -0.1) is 0 Å². The van der Waals surface area contributed by atoms with Crippen LogP contribution in [0.25, 0.3) is 0 Å². The Hall–Kier alpha value is -0.850. The molecule has 7 heteroatoms. The lowest BCUT2D eigenvalue weighted by Gasteiger charge is -2.24. The van der Waals surface area contributed by atoms with Gasteiger partial charge in [0.05, 0.1) is 13.2 Å². The van der Waals surface area contributed by atoms with Crippen molar-refractivity contribution in [1.82, 2.24) is 4.90 Å². The van der Waals surface area contributed by atoms with Crippen LogP contribution in [-0.2, 0) is 4.79 Å². The van der Waals surface area contributed by atoms with Crippen LogP contribution in [0.4, 0.5) is 17.6 Å². The van der Waals surface area contributed by atoms with Gasteiger partial charge in [-0.1, -0.05) is 0 Å². The Morgan fingerprint density at radius 1 is 1.47 bits per heavy atom. The van der Waals surface area contributed by atoms with Crippen LogP contribution in [0.2, 0.25) is 0 Å². The number of amides is 1. The molecule has 0 saturated heterocycles. The number of aliphatic hydroxyl groups is 1. The molecule has 0 aromatic heterocycles. The van der Waals surface area contributed by atoms with E-state index in [4.69, 9.17) is 5.11 Å². The maximum Gasteiger partial charge on any atom is 0.255 e. The van der Waals surface area contributed by atoms with Gasteiger partial charge in [0.25, 0.3) is 6.43 Å². The van der Waals surface area contributed by atoms with E-state index in [0.29, 0.717) is 0 Å². The zero-order chi connectivity index (χ0) is 13.1. The number of carbonyl (C=O) groups is 1. The molecule has 1 unspecified atom stereocenters. The van der Waals surface area contributed by atoms with Gasteiger partial charge in [-0.3, -0.25) is 4.79 Å². The summed E-state index contributed by atoms with van der Waals surface area (Å²) in [5, 5.41) is 8.66. The molecule has 1 amide bonds. The molecule has 100 valence electrons. The lowest BCUT2D eigenvalue weighted by Crippen LogP contribution is -2.40. The minimum atomic E-state index is -2.88. The van der Waals surface area contributed by atoms with Gasteiger partial charge in [0.2, 0.25) is 11.8 Å². The second-order valence-corrected chi connectivity index (χ2v) is 4.19. The molecule has 1 aliphatic rings. The Morgan fingerprint density at radius 2 is 2.12 bits per heavy atom. The molecule has 1 fully saturated rings. The smallest absolute Gasteiger partial charge is 0.255 e. The van der Waals surface area contributed by atoms with E-state index < -0.39 is 43.7 Å². The van der Waals surface area contributed by atoms with Gasteiger partial charge in [0.1, 0.15) is 0 Å². The van der Waals surface area contributed by atoms with Gasteiger partial charge in [0, 0.05) is 25.3 Å². The third-order valence-corrected chi connectivity index (χ3v) is 2.79. The average Bonchev–Trinajstić information content (AvgIpc) is 2.56. The second kappa shape index (κ2) is 5.66. The Morgan fingerprint density at radius 3 is 2.53 bits per heavy atom. The third-order valence-electron chi connectivity index (χ3n) is 2.79. The van der Waals surface area contributed by atoms with Crippen molar-refractivity contribution in [2.75, 3.05) is 19.7 Å². The summed E-state index contributed by atoms with van der Waals surface area (Å²) >= 11 is 0. The van der Waals surface area contributed by atoms with Crippen LogP contribution in [0.1, 0.15) is 19.3 Å². The zero-order valence-corrected chi connectivity index (χ0v) is 9.21.